The second kappa shape index (κ2) is 11.5. The van der Waals surface area contributed by atoms with Crippen LogP contribution in [-0.2, 0) is 17.9 Å². The van der Waals surface area contributed by atoms with Gasteiger partial charge in [0.25, 0.3) is 5.91 Å². The summed E-state index contributed by atoms with van der Waals surface area (Å²) in [6.45, 7) is 1.21. The van der Waals surface area contributed by atoms with Crippen molar-refractivity contribution in [2.24, 2.45) is 0 Å². The molecule has 2 aromatic carbocycles. The number of halogens is 1. The normalized spacial score (nSPS) is 13.4. The van der Waals surface area contributed by atoms with Crippen LogP contribution in [-0.4, -0.2) is 54.9 Å². The molecule has 3 heterocycles. The van der Waals surface area contributed by atoms with E-state index in [0.29, 0.717) is 30.0 Å². The summed E-state index contributed by atoms with van der Waals surface area (Å²) in [4.78, 5) is 48.2. The fraction of sp³-hybridized carbons (Fsp3) is 0.241. The highest BCUT2D eigenvalue weighted by Crippen LogP contribution is 2.28. The van der Waals surface area contributed by atoms with Crippen molar-refractivity contribution in [3.05, 3.63) is 99.9 Å². The fourth-order valence-corrected chi connectivity index (χ4v) is 4.38. The number of aromatic nitrogens is 2. The van der Waals surface area contributed by atoms with Crippen molar-refractivity contribution in [1.29, 1.82) is 0 Å². The van der Waals surface area contributed by atoms with Gasteiger partial charge in [-0.05, 0) is 29.3 Å². The van der Waals surface area contributed by atoms with Gasteiger partial charge in [0.2, 0.25) is 11.7 Å². The molecule has 1 saturated heterocycles. The lowest BCUT2D eigenvalue weighted by atomic mass is 10.2. The smallest absolute Gasteiger partial charge is 0.301 e. The highest BCUT2D eigenvalue weighted by Gasteiger charge is 2.27. The van der Waals surface area contributed by atoms with E-state index in [2.05, 4.69) is 15.6 Å². The second-order valence-corrected chi connectivity index (χ2v) is 9.57. The average molecular weight is 545 g/mol. The van der Waals surface area contributed by atoms with Crippen LogP contribution in [0.25, 0.3) is 5.65 Å². The largest absolute Gasteiger partial charge is 0.481 e. The number of carbonyl (C=O) groups is 2. The Kier molecular flexibility index (Phi) is 7.74. The zero-order valence-corrected chi connectivity index (χ0v) is 22.2. The molecule has 0 atom stereocenters. The van der Waals surface area contributed by atoms with E-state index in [0.717, 1.165) is 5.56 Å². The van der Waals surface area contributed by atoms with Gasteiger partial charge < -0.3 is 25.2 Å². The van der Waals surface area contributed by atoms with Gasteiger partial charge in [0.1, 0.15) is 12.4 Å². The topological polar surface area (TPSA) is 108 Å². The van der Waals surface area contributed by atoms with Crippen LogP contribution >= 0.6 is 0 Å². The predicted molar refractivity (Wildman–Crippen MR) is 149 cm³/mol. The predicted octanol–water partition coefficient (Wildman–Crippen LogP) is 2.34. The number of nitrogens with one attached hydrogen (secondary N) is 2. The van der Waals surface area contributed by atoms with E-state index in [-0.39, 0.29) is 48.5 Å². The van der Waals surface area contributed by atoms with Crippen LogP contribution in [0.3, 0.4) is 0 Å². The molecule has 2 aromatic heterocycles. The molecular weight excluding hydrogens is 515 g/mol. The third kappa shape index (κ3) is 5.64. The average Bonchev–Trinajstić information content (AvgIpc) is 2.96. The van der Waals surface area contributed by atoms with Gasteiger partial charge in [-0.15, -0.1) is 0 Å². The van der Waals surface area contributed by atoms with Crippen LogP contribution in [0.1, 0.15) is 21.6 Å². The summed E-state index contributed by atoms with van der Waals surface area (Å²) in [6.07, 6.45) is 1.61. The van der Waals surface area contributed by atoms with Crippen molar-refractivity contribution >= 4 is 28.8 Å². The first-order chi connectivity index (χ1) is 19.3. The number of benzene rings is 2. The number of carbonyl (C=O) groups excluding carboxylic acids is 2. The quantitative estimate of drug-likeness (QED) is 0.351. The summed E-state index contributed by atoms with van der Waals surface area (Å²) < 4.78 is 20.6. The van der Waals surface area contributed by atoms with Gasteiger partial charge in [-0.25, -0.2) is 9.37 Å². The Bertz CT molecular complexity index is 1610. The monoisotopic (exact) mass is 544 g/mol. The minimum absolute atomic E-state index is 0.0403. The van der Waals surface area contributed by atoms with E-state index in [4.69, 9.17) is 4.74 Å². The zero-order chi connectivity index (χ0) is 28.2. The first-order valence-electron chi connectivity index (χ1n) is 12.8. The minimum Gasteiger partial charge on any atom is -0.481 e. The van der Waals surface area contributed by atoms with Crippen molar-refractivity contribution in [2.45, 2.75) is 13.2 Å². The summed E-state index contributed by atoms with van der Waals surface area (Å²) in [5, 5.41) is 5.79. The molecule has 10 nitrogen and oxygen atoms in total. The number of ether oxygens (including phenoxy) is 1. The molecule has 0 aliphatic carbocycles. The maximum atomic E-state index is 13.9. The first kappa shape index (κ1) is 26.8. The Hall–Kier alpha value is -4.77. The third-order valence-electron chi connectivity index (χ3n) is 6.55. The Morgan fingerprint density at radius 2 is 1.85 bits per heavy atom. The number of pyridine rings is 1. The van der Waals surface area contributed by atoms with Crippen molar-refractivity contribution in [2.75, 3.05) is 43.5 Å². The third-order valence-corrected chi connectivity index (χ3v) is 6.55. The Balaban J connectivity index is 1.62. The maximum absolute atomic E-state index is 13.9. The second-order valence-electron chi connectivity index (χ2n) is 9.57. The molecule has 4 aromatic rings. The lowest BCUT2D eigenvalue weighted by Crippen LogP contribution is -2.48. The summed E-state index contributed by atoms with van der Waals surface area (Å²) in [6, 6.07) is 16.7. The SMILES string of the molecule is CN(C)c1cc(N2CCNCC2=O)c2nc(C(=O)NCc3ccc(F)cc3)c(OCc3ccccc3)c(=O)n2c1. The van der Waals surface area contributed by atoms with Gasteiger partial charge in [-0.1, -0.05) is 42.5 Å². The molecule has 0 bridgehead atoms. The van der Waals surface area contributed by atoms with Gasteiger partial charge in [0.05, 0.1) is 17.9 Å². The van der Waals surface area contributed by atoms with Crippen LogP contribution in [0.5, 0.6) is 5.75 Å². The summed E-state index contributed by atoms with van der Waals surface area (Å²) in [7, 11) is 3.65. The van der Waals surface area contributed by atoms with Crippen LogP contribution in [0.2, 0.25) is 0 Å². The van der Waals surface area contributed by atoms with Gasteiger partial charge in [0, 0.05) is 39.9 Å². The molecule has 0 spiro atoms. The molecule has 1 aliphatic heterocycles. The van der Waals surface area contributed by atoms with E-state index in [1.54, 1.807) is 29.3 Å². The van der Waals surface area contributed by atoms with Crippen molar-refractivity contribution in [3.8, 4) is 5.75 Å². The summed E-state index contributed by atoms with van der Waals surface area (Å²) in [5.74, 6) is -1.42. The van der Waals surface area contributed by atoms with E-state index in [1.165, 1.54) is 16.5 Å². The molecule has 1 aliphatic rings. The van der Waals surface area contributed by atoms with Crippen molar-refractivity contribution < 1.29 is 18.7 Å². The summed E-state index contributed by atoms with van der Waals surface area (Å²) in [5.41, 5.74) is 1.92. The number of anilines is 2. The zero-order valence-electron chi connectivity index (χ0n) is 22.2. The lowest BCUT2D eigenvalue weighted by Gasteiger charge is -2.29. The Morgan fingerprint density at radius 3 is 2.55 bits per heavy atom. The van der Waals surface area contributed by atoms with Crippen LogP contribution in [0.4, 0.5) is 15.8 Å². The molecule has 5 rings (SSSR count). The standard InChI is InChI=1S/C29H29FN6O4/c1-34(2)22-14-23(35-13-12-31-16-24(35)37)27-33-25(28(38)32-15-19-8-10-21(30)11-9-19)26(29(39)36(27)17-22)40-18-20-6-4-3-5-7-20/h3-11,14,17,31H,12-13,15-16,18H2,1-2H3,(H,32,38). The minimum atomic E-state index is -0.638. The van der Waals surface area contributed by atoms with Crippen molar-refractivity contribution in [1.82, 2.24) is 20.0 Å². The molecular formula is C29H29FN6O4. The fourth-order valence-electron chi connectivity index (χ4n) is 4.38. The summed E-state index contributed by atoms with van der Waals surface area (Å²) >= 11 is 0. The van der Waals surface area contributed by atoms with Gasteiger partial charge in [-0.3, -0.25) is 18.8 Å². The Morgan fingerprint density at radius 1 is 1.10 bits per heavy atom. The number of amides is 2. The number of nitrogens with zero attached hydrogens (tertiary/aromatic N) is 4. The molecule has 0 unspecified atom stereocenters. The van der Waals surface area contributed by atoms with Gasteiger partial charge >= 0.3 is 5.56 Å². The maximum Gasteiger partial charge on any atom is 0.301 e. The number of hydrogen-bond donors (Lipinski definition) is 2. The lowest BCUT2D eigenvalue weighted by molar-refractivity contribution is -0.118. The highest BCUT2D eigenvalue weighted by molar-refractivity contribution is 6.00. The molecule has 2 N–H and O–H groups in total. The molecule has 2 amide bonds. The number of hydrogen-bond acceptors (Lipinski definition) is 7. The molecule has 11 heteroatoms. The van der Waals surface area contributed by atoms with Crippen LogP contribution in [0, 0.1) is 5.82 Å². The molecule has 0 radical (unpaired) electrons. The number of rotatable bonds is 8. The highest BCUT2D eigenvalue weighted by atomic mass is 19.1. The number of piperazine rings is 1. The first-order valence-corrected chi connectivity index (χ1v) is 12.8. The van der Waals surface area contributed by atoms with Gasteiger partial charge in [0.15, 0.2) is 11.3 Å². The van der Waals surface area contributed by atoms with E-state index < -0.39 is 11.5 Å². The molecule has 40 heavy (non-hydrogen) atoms. The van der Waals surface area contributed by atoms with E-state index in [1.807, 2.05) is 49.3 Å². The van der Waals surface area contributed by atoms with Gasteiger partial charge in [-0.2, -0.15) is 0 Å². The van der Waals surface area contributed by atoms with Crippen LogP contribution in [0.15, 0.2) is 71.7 Å². The molecule has 1 fully saturated rings. The van der Waals surface area contributed by atoms with E-state index >= 15 is 0 Å². The molecule has 0 saturated carbocycles. The van der Waals surface area contributed by atoms with Crippen molar-refractivity contribution in [3.63, 3.8) is 0 Å². The molecule has 206 valence electrons. The Labute approximate surface area is 230 Å². The van der Waals surface area contributed by atoms with Crippen LogP contribution < -0.4 is 30.7 Å². The number of fused-ring (bicyclic) bond motifs is 1. The van der Waals surface area contributed by atoms with E-state index in [9.17, 15) is 18.8 Å².